The molecule has 4 aliphatic carbocycles. The molecule has 10 N–H and O–H groups in total. The first-order valence-electron chi connectivity index (χ1n) is 19.0. The van der Waals surface area contributed by atoms with E-state index in [0.717, 1.165) is 42.9 Å². The highest BCUT2D eigenvalue weighted by Crippen LogP contribution is 2.67. The maximum absolute atomic E-state index is 12.9. The molecule has 2 aromatic carbocycles. The van der Waals surface area contributed by atoms with Crippen molar-refractivity contribution in [2.75, 3.05) is 30.0 Å². The fourth-order valence-corrected chi connectivity index (χ4v) is 10.4. The van der Waals surface area contributed by atoms with E-state index in [2.05, 4.69) is 58.6 Å². The minimum atomic E-state index is -0.306. The zero-order chi connectivity index (χ0) is 37.7. The van der Waals surface area contributed by atoms with E-state index in [1.807, 2.05) is 0 Å². The normalized spacial score (nSPS) is 30.8. The predicted octanol–water partition coefficient (Wildman–Crippen LogP) is 8.82. The van der Waals surface area contributed by atoms with Gasteiger partial charge < -0.3 is 33.4 Å². The van der Waals surface area contributed by atoms with Crippen LogP contribution in [0.25, 0.3) is 0 Å². The number of nitrogens with two attached hydrogens (primary N) is 5. The Balaban J connectivity index is 0.000000381. The molecule has 8 nitrogen and oxygen atoms in total. The molecular weight excluding hydrogens is 635 g/mol. The number of allylic oxidation sites excluding steroid dienone is 4. The SMILES string of the molecule is CC(=O)c1cc(N)cc(N)c1.CC(C)=CCCC(C)C1CCC2C3C=CC4CC(OC(=O)c5cc(N)cc(N)c5)CCC4(C)C3CCC12C.CN. The number of hydrogen-bond donors (Lipinski definition) is 5. The van der Waals surface area contributed by atoms with E-state index in [1.54, 1.807) is 36.4 Å². The van der Waals surface area contributed by atoms with Crippen molar-refractivity contribution in [3.63, 3.8) is 0 Å². The van der Waals surface area contributed by atoms with Gasteiger partial charge in [0.05, 0.1) is 5.56 Å². The number of ketones is 1. The molecule has 0 heterocycles. The molecule has 0 aliphatic heterocycles. The summed E-state index contributed by atoms with van der Waals surface area (Å²) in [6.07, 6.45) is 18.6. The number of ether oxygens (including phenoxy) is 1. The second-order valence-electron chi connectivity index (χ2n) is 16.5. The molecule has 0 amide bonds. The number of esters is 1. The van der Waals surface area contributed by atoms with Crippen molar-refractivity contribution in [3.05, 3.63) is 71.3 Å². The van der Waals surface area contributed by atoms with Crippen LogP contribution in [-0.2, 0) is 4.74 Å². The predicted molar refractivity (Wildman–Crippen MR) is 213 cm³/mol. The van der Waals surface area contributed by atoms with Crippen molar-refractivity contribution in [1.29, 1.82) is 0 Å². The van der Waals surface area contributed by atoms with Crippen molar-refractivity contribution in [2.24, 2.45) is 52.1 Å². The number of nitrogen functional groups attached to an aromatic ring is 4. The third kappa shape index (κ3) is 9.00. The van der Waals surface area contributed by atoms with Gasteiger partial charge in [-0.05, 0) is 168 Å². The molecule has 0 radical (unpaired) electrons. The van der Waals surface area contributed by atoms with E-state index in [-0.39, 0.29) is 17.9 Å². The number of benzene rings is 2. The Kier molecular flexibility index (Phi) is 13.1. The molecule has 0 spiro atoms. The zero-order valence-corrected chi connectivity index (χ0v) is 32.2. The number of carbonyl (C=O) groups is 2. The van der Waals surface area contributed by atoms with Crippen molar-refractivity contribution in [3.8, 4) is 0 Å². The van der Waals surface area contributed by atoms with Gasteiger partial charge in [-0.1, -0.05) is 44.6 Å². The van der Waals surface area contributed by atoms with Crippen molar-refractivity contribution < 1.29 is 14.3 Å². The summed E-state index contributed by atoms with van der Waals surface area (Å²) in [4.78, 5) is 23.7. The summed E-state index contributed by atoms with van der Waals surface area (Å²) in [5.74, 6) is 4.08. The minimum Gasteiger partial charge on any atom is -0.459 e. The molecule has 8 heteroatoms. The standard InChI is InChI=1S/C34H50N2O2.C8H10N2O.CH5N/c1-21(2)7-6-8-22(3)29-11-12-30-28-10-9-24-19-27(38-32(37)23-17-25(35)20-26(36)18-23)13-15-33(24,4)31(28)14-16-34(29,30)5;1-5(11)6-2-7(9)4-8(10)3-6;1-2/h7,9-10,17-18,20,22,24,27-31H,6,8,11-16,19,35-36H2,1-5H3;2-4H,9-10H2,1H3;2H2,1H3. The number of anilines is 4. The molecule has 280 valence electrons. The van der Waals surface area contributed by atoms with Crippen LogP contribution < -0.4 is 28.7 Å². The van der Waals surface area contributed by atoms with Crippen LogP contribution in [0.15, 0.2) is 60.2 Å². The molecule has 3 saturated carbocycles. The van der Waals surface area contributed by atoms with Crippen LogP contribution in [0.5, 0.6) is 0 Å². The quantitative estimate of drug-likeness (QED) is 0.0825. The van der Waals surface area contributed by atoms with Crippen LogP contribution in [0, 0.1) is 46.3 Å². The van der Waals surface area contributed by atoms with E-state index in [9.17, 15) is 9.59 Å². The van der Waals surface area contributed by atoms with Crippen molar-refractivity contribution in [1.82, 2.24) is 0 Å². The van der Waals surface area contributed by atoms with E-state index in [4.69, 9.17) is 27.7 Å². The zero-order valence-electron chi connectivity index (χ0n) is 32.2. The molecule has 0 saturated heterocycles. The van der Waals surface area contributed by atoms with Gasteiger partial charge in [0.15, 0.2) is 5.78 Å². The van der Waals surface area contributed by atoms with Gasteiger partial charge in [-0.3, -0.25) is 4.79 Å². The number of hydrogen-bond acceptors (Lipinski definition) is 8. The minimum absolute atomic E-state index is 0.0241. The molecule has 2 aromatic rings. The van der Waals surface area contributed by atoms with Crippen molar-refractivity contribution in [2.45, 2.75) is 105 Å². The van der Waals surface area contributed by atoms with Gasteiger partial charge in [0.25, 0.3) is 0 Å². The van der Waals surface area contributed by atoms with Gasteiger partial charge in [0.1, 0.15) is 6.10 Å². The lowest BCUT2D eigenvalue weighted by Gasteiger charge is -2.59. The summed E-state index contributed by atoms with van der Waals surface area (Å²) < 4.78 is 6.00. The Bertz CT molecular complexity index is 1560. The fourth-order valence-electron chi connectivity index (χ4n) is 10.4. The Labute approximate surface area is 307 Å². The van der Waals surface area contributed by atoms with Crippen LogP contribution >= 0.6 is 0 Å². The van der Waals surface area contributed by atoms with Crippen LogP contribution in [0.2, 0.25) is 0 Å². The summed E-state index contributed by atoms with van der Waals surface area (Å²) in [7, 11) is 1.50. The number of rotatable bonds is 7. The molecule has 9 atom stereocenters. The maximum Gasteiger partial charge on any atom is 0.338 e. The van der Waals surface area contributed by atoms with E-state index in [0.29, 0.717) is 56.5 Å². The molecule has 0 bridgehead atoms. The average molecular weight is 700 g/mol. The Morgan fingerprint density at radius 3 is 1.90 bits per heavy atom. The third-order valence-electron chi connectivity index (χ3n) is 12.9. The summed E-state index contributed by atoms with van der Waals surface area (Å²) in [5, 5.41) is 0. The Hall–Kier alpha value is -3.78. The summed E-state index contributed by atoms with van der Waals surface area (Å²) in [6, 6.07) is 9.82. The van der Waals surface area contributed by atoms with Gasteiger partial charge in [-0.2, -0.15) is 0 Å². The average Bonchev–Trinajstić information content (AvgIpc) is 3.42. The third-order valence-corrected chi connectivity index (χ3v) is 12.9. The van der Waals surface area contributed by atoms with Crippen LogP contribution in [0.4, 0.5) is 22.7 Å². The van der Waals surface area contributed by atoms with E-state index < -0.39 is 0 Å². The van der Waals surface area contributed by atoms with Gasteiger partial charge in [0, 0.05) is 28.3 Å². The lowest BCUT2D eigenvalue weighted by molar-refractivity contribution is -0.0843. The van der Waals surface area contributed by atoms with Crippen molar-refractivity contribution >= 4 is 34.5 Å². The molecular formula is C43H65N5O3. The smallest absolute Gasteiger partial charge is 0.338 e. The lowest BCUT2D eigenvalue weighted by atomic mass is 9.46. The Morgan fingerprint density at radius 2 is 1.33 bits per heavy atom. The molecule has 9 unspecified atom stereocenters. The molecule has 6 rings (SSSR count). The van der Waals surface area contributed by atoms with Crippen LogP contribution in [0.3, 0.4) is 0 Å². The van der Waals surface area contributed by atoms with Crippen LogP contribution in [0.1, 0.15) is 120 Å². The lowest BCUT2D eigenvalue weighted by Crippen LogP contribution is -2.52. The number of Topliss-reactive ketones (excluding diaryl/α,β-unsaturated/α-hetero) is 1. The number of carbonyl (C=O) groups excluding carboxylic acids is 2. The summed E-state index contributed by atoms with van der Waals surface area (Å²) in [5.41, 5.74) is 32.5. The molecule has 3 fully saturated rings. The largest absolute Gasteiger partial charge is 0.459 e. The van der Waals surface area contributed by atoms with Gasteiger partial charge >= 0.3 is 5.97 Å². The second-order valence-corrected chi connectivity index (χ2v) is 16.5. The second kappa shape index (κ2) is 16.7. The van der Waals surface area contributed by atoms with Crippen LogP contribution in [-0.4, -0.2) is 24.9 Å². The van der Waals surface area contributed by atoms with Gasteiger partial charge in [-0.15, -0.1) is 0 Å². The first-order valence-corrected chi connectivity index (χ1v) is 19.0. The highest BCUT2D eigenvalue weighted by atomic mass is 16.5. The molecule has 51 heavy (non-hydrogen) atoms. The van der Waals surface area contributed by atoms with Gasteiger partial charge in [-0.25, -0.2) is 4.79 Å². The molecule has 0 aromatic heterocycles. The highest BCUT2D eigenvalue weighted by Gasteiger charge is 2.59. The topological polar surface area (TPSA) is 173 Å². The fraction of sp³-hybridized carbons (Fsp3) is 0.581. The summed E-state index contributed by atoms with van der Waals surface area (Å²) >= 11 is 0. The summed E-state index contributed by atoms with van der Waals surface area (Å²) in [6.45, 7) is 13.6. The number of fused-ring (bicyclic) bond motifs is 5. The molecule has 4 aliphatic rings. The first kappa shape index (κ1) is 40.0. The van der Waals surface area contributed by atoms with Gasteiger partial charge in [0.2, 0.25) is 0 Å². The highest BCUT2D eigenvalue weighted by molar-refractivity contribution is 5.96. The monoisotopic (exact) mass is 700 g/mol. The van der Waals surface area contributed by atoms with E-state index >= 15 is 0 Å². The van der Waals surface area contributed by atoms with E-state index in [1.165, 1.54) is 58.1 Å². The maximum atomic E-state index is 12.9. The first-order chi connectivity index (χ1) is 24.1. The Morgan fingerprint density at radius 1 is 0.784 bits per heavy atom.